The van der Waals surface area contributed by atoms with Gasteiger partial charge in [0, 0.05) is 18.5 Å². The monoisotopic (exact) mass is 287 g/mol. The number of anilines is 2. The largest absolute Gasteiger partial charge is 0.359 e. The highest BCUT2D eigenvalue weighted by atomic mass is 16.5. The van der Waals surface area contributed by atoms with Crippen LogP contribution in [0.5, 0.6) is 0 Å². The quantitative estimate of drug-likeness (QED) is 0.446. The molecule has 0 aliphatic heterocycles. The van der Waals surface area contributed by atoms with Gasteiger partial charge in [0.1, 0.15) is 6.33 Å². The van der Waals surface area contributed by atoms with Crippen LogP contribution in [0.2, 0.25) is 0 Å². The van der Waals surface area contributed by atoms with Crippen molar-refractivity contribution in [2.75, 3.05) is 10.7 Å². The fourth-order valence-electron chi connectivity index (χ4n) is 1.67. The van der Waals surface area contributed by atoms with E-state index < -0.39 is 0 Å². The Bertz CT molecular complexity index is 721. The van der Waals surface area contributed by atoms with Gasteiger partial charge in [-0.3, -0.25) is 9.99 Å². The molecule has 21 heavy (non-hydrogen) atoms. The average Bonchev–Trinajstić information content (AvgIpc) is 3.16. The predicted octanol–water partition coefficient (Wildman–Crippen LogP) is 0.251. The van der Waals surface area contributed by atoms with Crippen LogP contribution in [0.25, 0.3) is 5.95 Å². The zero-order valence-electron chi connectivity index (χ0n) is 11.2. The number of hydrogen-bond donors (Lipinski definition) is 3. The standard InChI is InChI=1S/C11H13N9O/c1-7-4-8(21-19-7)5-14-9-15-10(18-12)17-11(16-9)20-3-2-13-6-20/h2-4,6H,5,12H2,1H3,(H2,14,15,16,17,18). The molecule has 108 valence electrons. The molecule has 0 aliphatic carbocycles. The average molecular weight is 287 g/mol. The van der Waals surface area contributed by atoms with Crippen molar-refractivity contribution in [3.8, 4) is 5.95 Å². The Hall–Kier alpha value is -3.01. The molecule has 3 aromatic heterocycles. The maximum absolute atomic E-state index is 5.37. The number of aromatic nitrogens is 6. The second-order valence-corrected chi connectivity index (χ2v) is 4.19. The lowest BCUT2D eigenvalue weighted by Gasteiger charge is -2.07. The first-order valence-corrected chi connectivity index (χ1v) is 6.11. The third kappa shape index (κ3) is 2.95. The molecule has 0 unspecified atom stereocenters. The summed E-state index contributed by atoms with van der Waals surface area (Å²) in [6, 6.07) is 1.83. The molecule has 0 saturated carbocycles. The van der Waals surface area contributed by atoms with E-state index in [4.69, 9.17) is 10.4 Å². The molecule has 4 N–H and O–H groups in total. The minimum absolute atomic E-state index is 0.241. The summed E-state index contributed by atoms with van der Waals surface area (Å²) in [7, 11) is 0. The Morgan fingerprint density at radius 3 is 2.81 bits per heavy atom. The first kappa shape index (κ1) is 13.0. The van der Waals surface area contributed by atoms with Crippen LogP contribution in [0.3, 0.4) is 0 Å². The number of imidazole rings is 1. The molecule has 0 radical (unpaired) electrons. The van der Waals surface area contributed by atoms with Crippen LogP contribution >= 0.6 is 0 Å². The van der Waals surface area contributed by atoms with Crippen molar-refractivity contribution < 1.29 is 4.52 Å². The second-order valence-electron chi connectivity index (χ2n) is 4.19. The molecule has 0 aliphatic rings. The number of hydrogen-bond acceptors (Lipinski definition) is 9. The molecule has 0 saturated heterocycles. The highest BCUT2D eigenvalue weighted by Crippen LogP contribution is 2.10. The number of hydrazine groups is 1. The van der Waals surface area contributed by atoms with Gasteiger partial charge < -0.3 is 9.84 Å². The second kappa shape index (κ2) is 5.54. The lowest BCUT2D eigenvalue weighted by atomic mass is 10.4. The van der Waals surface area contributed by atoms with Crippen molar-refractivity contribution in [1.82, 2.24) is 29.7 Å². The summed E-state index contributed by atoms with van der Waals surface area (Å²) in [5.41, 5.74) is 3.21. The Balaban J connectivity index is 1.82. The van der Waals surface area contributed by atoms with E-state index in [1.54, 1.807) is 23.3 Å². The third-order valence-electron chi connectivity index (χ3n) is 2.59. The number of aryl methyl sites for hydroxylation is 1. The van der Waals surface area contributed by atoms with Crippen LogP contribution in [0, 0.1) is 6.92 Å². The van der Waals surface area contributed by atoms with Gasteiger partial charge in [-0.05, 0) is 6.92 Å². The molecule has 3 heterocycles. The van der Waals surface area contributed by atoms with Crippen molar-refractivity contribution in [1.29, 1.82) is 0 Å². The molecule has 0 spiro atoms. The summed E-state index contributed by atoms with van der Waals surface area (Å²) in [5.74, 6) is 7.04. The summed E-state index contributed by atoms with van der Waals surface area (Å²) >= 11 is 0. The van der Waals surface area contributed by atoms with Crippen LogP contribution in [-0.4, -0.2) is 29.7 Å². The summed E-state index contributed by atoms with van der Waals surface area (Å²) < 4.78 is 6.75. The lowest BCUT2D eigenvalue weighted by Crippen LogP contribution is -2.15. The number of rotatable bonds is 5. The fourth-order valence-corrected chi connectivity index (χ4v) is 1.67. The molecule has 10 heteroatoms. The van der Waals surface area contributed by atoms with Gasteiger partial charge in [-0.15, -0.1) is 0 Å². The number of nitrogens with zero attached hydrogens (tertiary/aromatic N) is 6. The van der Waals surface area contributed by atoms with E-state index in [-0.39, 0.29) is 5.95 Å². The van der Waals surface area contributed by atoms with Crippen molar-refractivity contribution in [3.63, 3.8) is 0 Å². The van der Waals surface area contributed by atoms with Gasteiger partial charge in [0.25, 0.3) is 0 Å². The van der Waals surface area contributed by atoms with Gasteiger partial charge in [-0.1, -0.05) is 5.16 Å². The van der Waals surface area contributed by atoms with Crippen LogP contribution < -0.4 is 16.6 Å². The summed E-state index contributed by atoms with van der Waals surface area (Å²) in [4.78, 5) is 16.5. The third-order valence-corrected chi connectivity index (χ3v) is 2.59. The zero-order valence-corrected chi connectivity index (χ0v) is 11.2. The van der Waals surface area contributed by atoms with E-state index in [0.717, 1.165) is 5.69 Å². The van der Waals surface area contributed by atoms with Gasteiger partial charge in [0.2, 0.25) is 17.8 Å². The Morgan fingerprint density at radius 2 is 2.14 bits per heavy atom. The summed E-state index contributed by atoms with van der Waals surface area (Å²) in [6.45, 7) is 2.25. The topological polar surface area (TPSA) is 133 Å². The maximum Gasteiger partial charge on any atom is 0.243 e. The van der Waals surface area contributed by atoms with E-state index in [1.807, 2.05) is 13.0 Å². The number of nitrogens with one attached hydrogen (secondary N) is 2. The predicted molar refractivity (Wildman–Crippen MR) is 73.3 cm³/mol. The van der Waals surface area contributed by atoms with Crippen LogP contribution in [-0.2, 0) is 6.54 Å². The molecular weight excluding hydrogens is 274 g/mol. The van der Waals surface area contributed by atoms with Gasteiger partial charge >= 0.3 is 0 Å². The molecule has 3 rings (SSSR count). The summed E-state index contributed by atoms with van der Waals surface area (Å²) in [6.07, 6.45) is 4.93. The first-order valence-electron chi connectivity index (χ1n) is 6.11. The molecule has 10 nitrogen and oxygen atoms in total. The Kier molecular flexibility index (Phi) is 3.43. The summed E-state index contributed by atoms with van der Waals surface area (Å²) in [5, 5.41) is 6.83. The smallest absolute Gasteiger partial charge is 0.243 e. The normalized spacial score (nSPS) is 10.6. The van der Waals surface area contributed by atoms with Crippen molar-refractivity contribution >= 4 is 11.9 Å². The van der Waals surface area contributed by atoms with Crippen LogP contribution in [0.4, 0.5) is 11.9 Å². The van der Waals surface area contributed by atoms with E-state index in [0.29, 0.717) is 24.2 Å². The molecule has 0 atom stereocenters. The Labute approximate surface area is 119 Å². The van der Waals surface area contributed by atoms with Gasteiger partial charge in [-0.25, -0.2) is 10.8 Å². The molecule has 0 aromatic carbocycles. The van der Waals surface area contributed by atoms with Crippen molar-refractivity contribution in [3.05, 3.63) is 36.2 Å². The van der Waals surface area contributed by atoms with Crippen molar-refractivity contribution in [2.45, 2.75) is 13.5 Å². The highest BCUT2D eigenvalue weighted by Gasteiger charge is 2.08. The van der Waals surface area contributed by atoms with E-state index in [1.165, 1.54) is 0 Å². The minimum Gasteiger partial charge on any atom is -0.359 e. The Morgan fingerprint density at radius 1 is 1.29 bits per heavy atom. The first-order chi connectivity index (χ1) is 10.2. The van der Waals surface area contributed by atoms with E-state index in [2.05, 4.69) is 35.8 Å². The molecular formula is C11H13N9O. The van der Waals surface area contributed by atoms with Crippen LogP contribution in [0.1, 0.15) is 11.5 Å². The zero-order chi connectivity index (χ0) is 14.7. The number of nitrogens with two attached hydrogens (primary N) is 1. The van der Waals surface area contributed by atoms with Crippen LogP contribution in [0.15, 0.2) is 29.3 Å². The maximum atomic E-state index is 5.37. The SMILES string of the molecule is Cc1cc(CNc2nc(NN)nc(-n3ccnc3)n2)on1. The van der Waals surface area contributed by atoms with E-state index >= 15 is 0 Å². The van der Waals surface area contributed by atoms with Gasteiger partial charge in [-0.2, -0.15) is 15.0 Å². The highest BCUT2D eigenvalue weighted by molar-refractivity contribution is 5.37. The minimum atomic E-state index is 0.241. The van der Waals surface area contributed by atoms with Gasteiger partial charge in [0.15, 0.2) is 5.76 Å². The van der Waals surface area contributed by atoms with Gasteiger partial charge in [0.05, 0.1) is 12.2 Å². The molecule has 0 bridgehead atoms. The molecule has 0 amide bonds. The molecule has 0 fully saturated rings. The molecule has 3 aromatic rings. The van der Waals surface area contributed by atoms with Crippen molar-refractivity contribution in [2.24, 2.45) is 5.84 Å². The fraction of sp³-hybridized carbons (Fsp3) is 0.182. The lowest BCUT2D eigenvalue weighted by molar-refractivity contribution is 0.384. The van der Waals surface area contributed by atoms with E-state index in [9.17, 15) is 0 Å². The number of nitrogen functional groups attached to an aromatic ring is 1.